The fraction of sp³-hybridized carbons (Fsp3) is 0.231. The van der Waals surface area contributed by atoms with E-state index in [1.165, 1.54) is 4.90 Å². The molecule has 0 aliphatic carbocycles. The van der Waals surface area contributed by atoms with Crippen LogP contribution in [-0.4, -0.2) is 56.3 Å². The second kappa shape index (κ2) is 9.94. The molecule has 0 bridgehead atoms. The molecule has 5 rings (SSSR count). The predicted molar refractivity (Wildman–Crippen MR) is 142 cm³/mol. The van der Waals surface area contributed by atoms with Crippen molar-refractivity contribution in [2.45, 2.75) is 25.8 Å². The van der Waals surface area contributed by atoms with Gasteiger partial charge < -0.3 is 15.5 Å². The maximum absolute atomic E-state index is 12.4. The second-order valence-electron chi connectivity index (χ2n) is 9.11. The molecule has 1 saturated heterocycles. The van der Waals surface area contributed by atoms with Crippen LogP contribution in [0.4, 0.5) is 16.4 Å². The Hall–Kier alpha value is -4.38. The number of nitrogens with one attached hydrogen (secondary N) is 3. The topological polar surface area (TPSA) is 129 Å². The summed E-state index contributed by atoms with van der Waals surface area (Å²) in [6.07, 6.45) is 5.30. The van der Waals surface area contributed by atoms with Gasteiger partial charge >= 0.3 is 6.03 Å². The van der Waals surface area contributed by atoms with Gasteiger partial charge in [-0.2, -0.15) is 0 Å². The van der Waals surface area contributed by atoms with Crippen LogP contribution >= 0.6 is 11.3 Å². The van der Waals surface area contributed by atoms with Crippen LogP contribution in [0.15, 0.2) is 61.1 Å². The fourth-order valence-corrected chi connectivity index (χ4v) is 5.09. The number of pyridine rings is 1. The van der Waals surface area contributed by atoms with Gasteiger partial charge in [-0.05, 0) is 61.2 Å². The maximum atomic E-state index is 12.4. The Morgan fingerprint density at radius 3 is 2.76 bits per heavy atom. The minimum atomic E-state index is -0.893. The molecule has 3 aromatic heterocycles. The third-order valence-corrected chi connectivity index (χ3v) is 7.25. The number of hydrogen-bond donors (Lipinski definition) is 3. The number of benzene rings is 1. The van der Waals surface area contributed by atoms with Crippen molar-refractivity contribution in [2.75, 3.05) is 23.7 Å². The zero-order chi connectivity index (χ0) is 26.0. The number of amides is 4. The van der Waals surface area contributed by atoms with Gasteiger partial charge in [0.1, 0.15) is 5.54 Å². The second-order valence-corrected chi connectivity index (χ2v) is 10.2. The van der Waals surface area contributed by atoms with Crippen molar-refractivity contribution < 1.29 is 14.4 Å². The molecule has 1 fully saturated rings. The lowest BCUT2D eigenvalue weighted by Gasteiger charge is -2.27. The fourth-order valence-electron chi connectivity index (χ4n) is 4.08. The van der Waals surface area contributed by atoms with E-state index in [1.54, 1.807) is 43.8 Å². The van der Waals surface area contributed by atoms with Crippen molar-refractivity contribution in [3.63, 3.8) is 0 Å². The Labute approximate surface area is 217 Å². The van der Waals surface area contributed by atoms with Gasteiger partial charge in [-0.25, -0.2) is 14.8 Å². The molecule has 0 spiro atoms. The van der Waals surface area contributed by atoms with E-state index in [-0.39, 0.29) is 18.2 Å². The molecule has 1 aliphatic rings. The summed E-state index contributed by atoms with van der Waals surface area (Å²) in [6, 6.07) is 13.0. The summed E-state index contributed by atoms with van der Waals surface area (Å²) in [5, 5.41) is 9.42. The van der Waals surface area contributed by atoms with E-state index >= 15 is 0 Å². The summed E-state index contributed by atoms with van der Waals surface area (Å²) >= 11 is 1.60. The Morgan fingerprint density at radius 1 is 1.14 bits per heavy atom. The van der Waals surface area contributed by atoms with Crippen molar-refractivity contribution >= 4 is 50.9 Å². The Morgan fingerprint density at radius 2 is 2.00 bits per heavy atom. The smallest absolute Gasteiger partial charge is 0.325 e. The normalized spacial score (nSPS) is 14.6. The van der Waals surface area contributed by atoms with E-state index in [1.807, 2.05) is 42.5 Å². The summed E-state index contributed by atoms with van der Waals surface area (Å²) in [5.74, 6) is 0.0206. The first-order valence-corrected chi connectivity index (χ1v) is 12.5. The summed E-state index contributed by atoms with van der Waals surface area (Å²) in [6.45, 7) is 4.14. The highest BCUT2D eigenvalue weighted by molar-refractivity contribution is 7.22. The number of aromatic nitrogens is 3. The SMILES string of the molecule is CC1(C)C(=O)NC(=O)N1CCNc1nccc(-c2cc3cc(NC(=O)Cc4cccnc4)ccc3s2)n1. The summed E-state index contributed by atoms with van der Waals surface area (Å²) < 4.78 is 1.07. The van der Waals surface area contributed by atoms with E-state index in [4.69, 9.17) is 0 Å². The number of fused-ring (bicyclic) bond motifs is 1. The maximum Gasteiger partial charge on any atom is 0.325 e. The van der Waals surface area contributed by atoms with Crippen LogP contribution in [0.3, 0.4) is 0 Å². The predicted octanol–water partition coefficient (Wildman–Crippen LogP) is 3.68. The molecule has 0 unspecified atom stereocenters. The molecular formula is C26H25N7O3S. The molecule has 4 aromatic rings. The van der Waals surface area contributed by atoms with E-state index in [0.717, 1.165) is 31.9 Å². The minimum absolute atomic E-state index is 0.103. The Kier molecular flexibility index (Phi) is 6.53. The summed E-state index contributed by atoms with van der Waals surface area (Å²) in [7, 11) is 0. The van der Waals surface area contributed by atoms with Crippen LogP contribution in [0, 0.1) is 0 Å². The van der Waals surface area contributed by atoms with Gasteiger partial charge in [0, 0.05) is 42.1 Å². The molecule has 0 saturated carbocycles. The quantitative estimate of drug-likeness (QED) is 0.305. The third kappa shape index (κ3) is 5.26. The molecule has 188 valence electrons. The van der Waals surface area contributed by atoms with E-state index in [9.17, 15) is 14.4 Å². The lowest BCUT2D eigenvalue weighted by molar-refractivity contribution is -0.125. The van der Waals surface area contributed by atoms with Crippen LogP contribution in [0.5, 0.6) is 0 Å². The van der Waals surface area contributed by atoms with Gasteiger partial charge in [0.2, 0.25) is 11.9 Å². The van der Waals surface area contributed by atoms with Gasteiger partial charge in [-0.1, -0.05) is 6.07 Å². The lowest BCUT2D eigenvalue weighted by atomic mass is 10.0. The molecule has 4 amide bonds. The van der Waals surface area contributed by atoms with Crippen LogP contribution in [0.2, 0.25) is 0 Å². The number of hydrogen-bond acceptors (Lipinski definition) is 8. The first kappa shape index (κ1) is 24.3. The Balaban J connectivity index is 1.24. The van der Waals surface area contributed by atoms with Gasteiger partial charge in [0.15, 0.2) is 0 Å². The number of nitrogens with zero attached hydrogens (tertiary/aromatic N) is 4. The van der Waals surface area contributed by atoms with Gasteiger partial charge in [0.25, 0.3) is 5.91 Å². The number of carbonyl (C=O) groups excluding carboxylic acids is 3. The van der Waals surface area contributed by atoms with E-state index < -0.39 is 11.6 Å². The minimum Gasteiger partial charge on any atom is -0.352 e. The third-order valence-electron chi connectivity index (χ3n) is 6.11. The largest absolute Gasteiger partial charge is 0.352 e. The standard InChI is InChI=1S/C26H25N7O3S/c1-26(2)23(35)32-25(36)33(26)11-10-29-24-28-9-7-19(31-24)21-14-17-13-18(5-6-20(17)37-21)30-22(34)12-16-4-3-8-27-15-16/h3-9,13-15H,10-12H2,1-2H3,(H,30,34)(H,28,29,31)(H,32,35,36). The van der Waals surface area contributed by atoms with Crippen LogP contribution in [-0.2, 0) is 16.0 Å². The summed E-state index contributed by atoms with van der Waals surface area (Å²) in [4.78, 5) is 51.8. The molecule has 10 nitrogen and oxygen atoms in total. The highest BCUT2D eigenvalue weighted by atomic mass is 32.1. The summed E-state index contributed by atoms with van der Waals surface area (Å²) in [5.41, 5.74) is 1.45. The number of rotatable bonds is 8. The molecule has 3 N–H and O–H groups in total. The average Bonchev–Trinajstić information content (AvgIpc) is 3.38. The van der Waals surface area contributed by atoms with E-state index in [0.29, 0.717) is 19.0 Å². The van der Waals surface area contributed by atoms with Crippen LogP contribution in [0.1, 0.15) is 19.4 Å². The van der Waals surface area contributed by atoms with E-state index in [2.05, 4.69) is 30.9 Å². The molecular weight excluding hydrogens is 490 g/mol. The van der Waals surface area contributed by atoms with Crippen molar-refractivity contribution in [3.05, 3.63) is 66.6 Å². The molecule has 1 aliphatic heterocycles. The van der Waals surface area contributed by atoms with Crippen molar-refractivity contribution in [1.82, 2.24) is 25.2 Å². The first-order valence-electron chi connectivity index (χ1n) is 11.7. The van der Waals surface area contributed by atoms with Crippen LogP contribution < -0.4 is 16.0 Å². The van der Waals surface area contributed by atoms with Crippen molar-refractivity contribution in [1.29, 1.82) is 0 Å². The molecule has 37 heavy (non-hydrogen) atoms. The lowest BCUT2D eigenvalue weighted by Crippen LogP contribution is -2.46. The zero-order valence-corrected chi connectivity index (χ0v) is 21.1. The van der Waals surface area contributed by atoms with Crippen molar-refractivity contribution in [2.24, 2.45) is 0 Å². The van der Waals surface area contributed by atoms with Gasteiger partial charge in [-0.3, -0.25) is 19.9 Å². The monoisotopic (exact) mass is 515 g/mol. The van der Waals surface area contributed by atoms with Crippen molar-refractivity contribution in [3.8, 4) is 10.6 Å². The number of imide groups is 1. The molecule has 4 heterocycles. The molecule has 0 atom stereocenters. The van der Waals surface area contributed by atoms with Crippen LogP contribution in [0.25, 0.3) is 20.7 Å². The molecule has 1 aromatic carbocycles. The number of urea groups is 1. The Bertz CT molecular complexity index is 1490. The zero-order valence-electron chi connectivity index (χ0n) is 20.3. The number of anilines is 2. The van der Waals surface area contributed by atoms with Gasteiger partial charge in [0.05, 0.1) is 17.0 Å². The van der Waals surface area contributed by atoms with Gasteiger partial charge in [-0.15, -0.1) is 11.3 Å². The highest BCUT2D eigenvalue weighted by Crippen LogP contribution is 2.34. The molecule has 11 heteroatoms. The average molecular weight is 516 g/mol. The molecule has 0 radical (unpaired) electrons. The highest BCUT2D eigenvalue weighted by Gasteiger charge is 2.45. The first-order chi connectivity index (χ1) is 17.8. The number of carbonyl (C=O) groups is 3. The number of thiophene rings is 1.